The quantitative estimate of drug-likeness (QED) is 0.760. The molecule has 2 N–H and O–H groups in total. The summed E-state index contributed by atoms with van der Waals surface area (Å²) in [4.78, 5) is 21.4. The van der Waals surface area contributed by atoms with Crippen molar-refractivity contribution in [3.8, 4) is 0 Å². The number of carboxylic acid groups (broad SMARTS) is 1. The standard InChI is InChI=1S/C13H15NO4/c15-8-14-11(13(16)17)7-12-10-4-2-1-3-9(10)5-6-18-12/h1-4,8,11-12H,5-7H2,(H,14,15)(H,16,17). The lowest BCUT2D eigenvalue weighted by Crippen LogP contribution is -2.38. The number of hydrogen-bond donors (Lipinski definition) is 2. The lowest BCUT2D eigenvalue weighted by molar-refractivity contribution is -0.141. The number of hydrogen-bond acceptors (Lipinski definition) is 3. The summed E-state index contributed by atoms with van der Waals surface area (Å²) in [5, 5.41) is 11.3. The summed E-state index contributed by atoms with van der Waals surface area (Å²) in [6, 6.07) is 6.91. The van der Waals surface area contributed by atoms with Crippen LogP contribution in [0.5, 0.6) is 0 Å². The molecule has 2 atom stereocenters. The maximum atomic E-state index is 11.0. The Morgan fingerprint density at radius 1 is 1.56 bits per heavy atom. The summed E-state index contributed by atoms with van der Waals surface area (Å²) in [6.45, 7) is 0.578. The van der Waals surface area contributed by atoms with E-state index in [4.69, 9.17) is 9.84 Å². The van der Waals surface area contributed by atoms with Gasteiger partial charge in [0.2, 0.25) is 6.41 Å². The zero-order valence-electron chi connectivity index (χ0n) is 9.83. The Bertz CT molecular complexity index is 446. The number of nitrogens with one attached hydrogen (secondary N) is 1. The number of amides is 1. The van der Waals surface area contributed by atoms with Crippen molar-refractivity contribution in [2.24, 2.45) is 0 Å². The molecule has 0 radical (unpaired) electrons. The fraction of sp³-hybridized carbons (Fsp3) is 0.385. The third kappa shape index (κ3) is 2.68. The number of rotatable bonds is 5. The Morgan fingerprint density at radius 2 is 2.33 bits per heavy atom. The molecule has 5 nitrogen and oxygen atoms in total. The van der Waals surface area contributed by atoms with Crippen LogP contribution in [0.3, 0.4) is 0 Å². The van der Waals surface area contributed by atoms with E-state index in [-0.39, 0.29) is 12.5 Å². The van der Waals surface area contributed by atoms with Crippen molar-refractivity contribution in [2.45, 2.75) is 25.0 Å². The first-order valence-corrected chi connectivity index (χ1v) is 5.84. The molecule has 0 bridgehead atoms. The van der Waals surface area contributed by atoms with Crippen molar-refractivity contribution in [3.63, 3.8) is 0 Å². The van der Waals surface area contributed by atoms with Gasteiger partial charge in [0.1, 0.15) is 6.04 Å². The van der Waals surface area contributed by atoms with E-state index in [9.17, 15) is 9.59 Å². The molecule has 2 unspecified atom stereocenters. The van der Waals surface area contributed by atoms with Crippen LogP contribution in [0.15, 0.2) is 24.3 Å². The molecule has 1 aliphatic heterocycles. The van der Waals surface area contributed by atoms with Crippen LogP contribution in [-0.4, -0.2) is 30.1 Å². The molecule has 1 heterocycles. The summed E-state index contributed by atoms with van der Waals surface area (Å²) in [7, 11) is 0. The van der Waals surface area contributed by atoms with Crippen molar-refractivity contribution in [1.29, 1.82) is 0 Å². The van der Waals surface area contributed by atoms with Gasteiger partial charge in [0.15, 0.2) is 0 Å². The summed E-state index contributed by atoms with van der Waals surface area (Å²) in [6.07, 6.45) is 1.22. The highest BCUT2D eigenvalue weighted by Crippen LogP contribution is 2.30. The van der Waals surface area contributed by atoms with Gasteiger partial charge in [0.05, 0.1) is 12.7 Å². The second-order valence-electron chi connectivity index (χ2n) is 4.22. The van der Waals surface area contributed by atoms with Crippen LogP contribution < -0.4 is 5.32 Å². The average molecular weight is 249 g/mol. The number of carbonyl (C=O) groups excluding carboxylic acids is 1. The minimum Gasteiger partial charge on any atom is -0.480 e. The van der Waals surface area contributed by atoms with Gasteiger partial charge in [-0.1, -0.05) is 24.3 Å². The molecule has 1 amide bonds. The number of benzene rings is 1. The summed E-state index contributed by atoms with van der Waals surface area (Å²) in [5.41, 5.74) is 2.20. The molecule has 1 aliphatic rings. The molecule has 5 heteroatoms. The third-order valence-electron chi connectivity index (χ3n) is 3.11. The molecule has 0 aliphatic carbocycles. The Morgan fingerprint density at radius 3 is 3.06 bits per heavy atom. The molecule has 96 valence electrons. The van der Waals surface area contributed by atoms with Crippen LogP contribution in [0.25, 0.3) is 0 Å². The van der Waals surface area contributed by atoms with Gasteiger partial charge in [-0.3, -0.25) is 4.79 Å². The van der Waals surface area contributed by atoms with Gasteiger partial charge < -0.3 is 15.2 Å². The van der Waals surface area contributed by atoms with Crippen LogP contribution in [0, 0.1) is 0 Å². The smallest absolute Gasteiger partial charge is 0.326 e. The largest absolute Gasteiger partial charge is 0.480 e. The maximum absolute atomic E-state index is 11.0. The van der Waals surface area contributed by atoms with Crippen LogP contribution in [0.2, 0.25) is 0 Å². The molecular weight excluding hydrogens is 234 g/mol. The second-order valence-corrected chi connectivity index (χ2v) is 4.22. The molecule has 2 rings (SSSR count). The normalized spacial score (nSPS) is 19.7. The van der Waals surface area contributed by atoms with Crippen LogP contribution in [0.1, 0.15) is 23.7 Å². The van der Waals surface area contributed by atoms with Crippen LogP contribution in [0.4, 0.5) is 0 Å². The minimum absolute atomic E-state index is 0.241. The predicted octanol–water partition coefficient (Wildman–Crippen LogP) is 0.890. The van der Waals surface area contributed by atoms with Crippen molar-refractivity contribution in [2.75, 3.05) is 6.61 Å². The summed E-state index contributed by atoms with van der Waals surface area (Å²) in [5.74, 6) is -1.05. The molecule has 18 heavy (non-hydrogen) atoms. The SMILES string of the molecule is O=CNC(CC1OCCc2ccccc21)C(=O)O. The molecule has 0 saturated heterocycles. The predicted molar refractivity (Wildman–Crippen MR) is 64.1 cm³/mol. The monoisotopic (exact) mass is 249 g/mol. The van der Waals surface area contributed by atoms with Gasteiger partial charge in [-0.15, -0.1) is 0 Å². The number of ether oxygens (including phenoxy) is 1. The molecule has 0 spiro atoms. The fourth-order valence-electron chi connectivity index (χ4n) is 2.21. The summed E-state index contributed by atoms with van der Waals surface area (Å²) >= 11 is 0. The number of carboxylic acids is 1. The summed E-state index contributed by atoms with van der Waals surface area (Å²) < 4.78 is 5.61. The van der Waals surface area contributed by atoms with E-state index in [2.05, 4.69) is 5.32 Å². The molecule has 0 saturated carbocycles. The van der Waals surface area contributed by atoms with E-state index in [1.807, 2.05) is 24.3 Å². The van der Waals surface area contributed by atoms with Gasteiger partial charge in [-0.25, -0.2) is 4.79 Å². The highest BCUT2D eigenvalue weighted by atomic mass is 16.5. The first kappa shape index (κ1) is 12.6. The van der Waals surface area contributed by atoms with Gasteiger partial charge in [-0.2, -0.15) is 0 Å². The highest BCUT2D eigenvalue weighted by molar-refractivity contribution is 5.76. The highest BCUT2D eigenvalue weighted by Gasteiger charge is 2.27. The zero-order chi connectivity index (χ0) is 13.0. The van der Waals surface area contributed by atoms with Gasteiger partial charge in [-0.05, 0) is 17.5 Å². The van der Waals surface area contributed by atoms with Crippen molar-refractivity contribution in [3.05, 3.63) is 35.4 Å². The van der Waals surface area contributed by atoms with Crippen LogP contribution >= 0.6 is 0 Å². The van der Waals surface area contributed by atoms with Gasteiger partial charge in [0.25, 0.3) is 0 Å². The number of carbonyl (C=O) groups is 2. The maximum Gasteiger partial charge on any atom is 0.326 e. The van der Waals surface area contributed by atoms with E-state index in [0.29, 0.717) is 13.0 Å². The first-order valence-electron chi connectivity index (χ1n) is 5.84. The van der Waals surface area contributed by atoms with E-state index in [0.717, 1.165) is 12.0 Å². The van der Waals surface area contributed by atoms with E-state index in [1.165, 1.54) is 5.56 Å². The second kappa shape index (κ2) is 5.64. The van der Waals surface area contributed by atoms with E-state index >= 15 is 0 Å². The lowest BCUT2D eigenvalue weighted by Gasteiger charge is -2.27. The Hall–Kier alpha value is -1.88. The van der Waals surface area contributed by atoms with Crippen molar-refractivity contribution >= 4 is 12.4 Å². The Labute approximate surface area is 105 Å². The van der Waals surface area contributed by atoms with Gasteiger partial charge >= 0.3 is 5.97 Å². The lowest BCUT2D eigenvalue weighted by atomic mass is 9.93. The van der Waals surface area contributed by atoms with Gasteiger partial charge in [0, 0.05) is 6.42 Å². The number of aliphatic carboxylic acids is 1. The average Bonchev–Trinajstić information content (AvgIpc) is 2.38. The molecule has 1 aromatic rings. The minimum atomic E-state index is -1.05. The molecular formula is C13H15NO4. The Balaban J connectivity index is 2.15. The Kier molecular flexibility index (Phi) is 3.94. The third-order valence-corrected chi connectivity index (χ3v) is 3.11. The van der Waals surface area contributed by atoms with Crippen LogP contribution in [-0.2, 0) is 20.7 Å². The molecule has 1 aromatic carbocycles. The van der Waals surface area contributed by atoms with E-state index in [1.54, 1.807) is 0 Å². The van der Waals surface area contributed by atoms with Crippen molar-refractivity contribution in [1.82, 2.24) is 5.32 Å². The topological polar surface area (TPSA) is 75.6 Å². The zero-order valence-corrected chi connectivity index (χ0v) is 9.83. The van der Waals surface area contributed by atoms with Crippen molar-refractivity contribution < 1.29 is 19.4 Å². The number of fused-ring (bicyclic) bond motifs is 1. The van der Waals surface area contributed by atoms with E-state index < -0.39 is 12.0 Å². The molecule has 0 aromatic heterocycles. The first-order chi connectivity index (χ1) is 8.72. The fourth-order valence-corrected chi connectivity index (χ4v) is 2.21. The molecule has 0 fully saturated rings.